The van der Waals surface area contributed by atoms with Crippen molar-refractivity contribution >= 4 is 21.8 Å². The highest BCUT2D eigenvalue weighted by Gasteiger charge is 2.51. The molecule has 2 aromatic carbocycles. The fourth-order valence-electron chi connectivity index (χ4n) is 6.99. The van der Waals surface area contributed by atoms with Gasteiger partial charge in [-0.1, -0.05) is 30.3 Å². The van der Waals surface area contributed by atoms with Crippen molar-refractivity contribution in [2.75, 3.05) is 0 Å². The van der Waals surface area contributed by atoms with Crippen LogP contribution in [0.25, 0.3) is 21.8 Å². The van der Waals surface area contributed by atoms with Gasteiger partial charge in [-0.2, -0.15) is 0 Å². The Morgan fingerprint density at radius 2 is 1.64 bits per heavy atom. The molecule has 0 N–H and O–H groups in total. The van der Waals surface area contributed by atoms with Gasteiger partial charge in [0.05, 0.1) is 11.0 Å². The van der Waals surface area contributed by atoms with Crippen LogP contribution in [0.5, 0.6) is 0 Å². The van der Waals surface area contributed by atoms with Crippen LogP contribution in [0.1, 0.15) is 44.3 Å². The Morgan fingerprint density at radius 1 is 0.960 bits per heavy atom. The number of imidazole rings is 1. The largest absolute Gasteiger partial charge is 0.328 e. The molecule has 0 spiro atoms. The summed E-state index contributed by atoms with van der Waals surface area (Å²) in [5.41, 5.74) is 3.09. The first-order valence-electron chi connectivity index (χ1n) is 10.0. The van der Waals surface area contributed by atoms with Crippen molar-refractivity contribution < 1.29 is 0 Å². The molecule has 4 fully saturated rings. The van der Waals surface area contributed by atoms with Crippen molar-refractivity contribution in [3.05, 3.63) is 42.2 Å². The molecule has 4 saturated carbocycles. The molecule has 7 rings (SSSR count). The maximum atomic E-state index is 5.00. The van der Waals surface area contributed by atoms with E-state index in [1.165, 1.54) is 72.7 Å². The second-order valence-corrected chi connectivity index (χ2v) is 9.32. The van der Waals surface area contributed by atoms with E-state index in [0.29, 0.717) is 5.41 Å². The predicted octanol–water partition coefficient (Wildman–Crippen LogP) is 5.71. The van der Waals surface area contributed by atoms with E-state index in [0.717, 1.165) is 17.8 Å². The summed E-state index contributed by atoms with van der Waals surface area (Å²) in [7, 11) is 0. The molecule has 0 amide bonds. The maximum Gasteiger partial charge on any atom is 0.106 e. The topological polar surface area (TPSA) is 17.8 Å². The van der Waals surface area contributed by atoms with Gasteiger partial charge < -0.3 is 4.57 Å². The Labute approximate surface area is 149 Å². The van der Waals surface area contributed by atoms with E-state index in [1.807, 2.05) is 0 Å². The second-order valence-electron chi connectivity index (χ2n) is 9.32. The van der Waals surface area contributed by atoms with Gasteiger partial charge in [-0.25, -0.2) is 4.98 Å². The van der Waals surface area contributed by atoms with Crippen LogP contribution in [0, 0.1) is 30.1 Å². The maximum absolute atomic E-state index is 5.00. The van der Waals surface area contributed by atoms with Gasteiger partial charge in [0.15, 0.2) is 0 Å². The summed E-state index contributed by atoms with van der Waals surface area (Å²) < 4.78 is 2.55. The van der Waals surface area contributed by atoms with Crippen molar-refractivity contribution in [1.29, 1.82) is 0 Å². The average molecular weight is 330 g/mol. The monoisotopic (exact) mass is 330 g/mol. The van der Waals surface area contributed by atoms with Crippen LogP contribution in [-0.4, -0.2) is 9.55 Å². The van der Waals surface area contributed by atoms with Crippen LogP contribution in [0.2, 0.25) is 0 Å². The first-order valence-corrected chi connectivity index (χ1v) is 10.0. The third kappa shape index (κ3) is 2.06. The van der Waals surface area contributed by atoms with Crippen LogP contribution in [0.3, 0.4) is 0 Å². The highest BCUT2D eigenvalue weighted by atomic mass is 15.1. The van der Waals surface area contributed by atoms with E-state index in [-0.39, 0.29) is 0 Å². The molecule has 0 saturated heterocycles. The van der Waals surface area contributed by atoms with Crippen molar-refractivity contribution in [1.82, 2.24) is 9.55 Å². The molecule has 4 bridgehead atoms. The van der Waals surface area contributed by atoms with Crippen LogP contribution in [0.15, 0.2) is 36.4 Å². The molecular formula is C23H26N2. The van der Waals surface area contributed by atoms with E-state index in [9.17, 15) is 0 Å². The Kier molecular flexibility index (Phi) is 2.80. The van der Waals surface area contributed by atoms with Crippen molar-refractivity contribution in [3.63, 3.8) is 0 Å². The molecule has 4 aliphatic carbocycles. The molecule has 0 atom stereocenters. The molecule has 2 heteroatoms. The number of rotatable bonds is 2. The van der Waals surface area contributed by atoms with Crippen molar-refractivity contribution in [2.45, 2.75) is 52.0 Å². The van der Waals surface area contributed by atoms with E-state index in [4.69, 9.17) is 4.98 Å². The van der Waals surface area contributed by atoms with E-state index in [1.54, 1.807) is 0 Å². The van der Waals surface area contributed by atoms with Gasteiger partial charge in [0.1, 0.15) is 5.82 Å². The number of fused-ring (bicyclic) bond motifs is 3. The lowest BCUT2D eigenvalue weighted by atomic mass is 9.49. The predicted molar refractivity (Wildman–Crippen MR) is 103 cm³/mol. The highest BCUT2D eigenvalue weighted by Crippen LogP contribution is 2.60. The standard InChI is InChI=1S/C23H26N2/c1-15-24-22-20-5-3-2-4-19(20)6-7-21(22)25(15)14-23-11-16-8-17(12-23)10-18(9-16)13-23/h2-7,16-18H,8-14H2,1H3. The number of benzene rings is 2. The number of hydrogen-bond acceptors (Lipinski definition) is 1. The number of hydrogen-bond donors (Lipinski definition) is 0. The van der Waals surface area contributed by atoms with Gasteiger partial charge in [-0.05, 0) is 80.1 Å². The fourth-order valence-corrected chi connectivity index (χ4v) is 6.99. The van der Waals surface area contributed by atoms with Gasteiger partial charge in [0.2, 0.25) is 0 Å². The minimum Gasteiger partial charge on any atom is -0.328 e. The van der Waals surface area contributed by atoms with Crippen LogP contribution >= 0.6 is 0 Å². The van der Waals surface area contributed by atoms with Crippen LogP contribution < -0.4 is 0 Å². The zero-order chi connectivity index (χ0) is 16.6. The third-order valence-electron chi connectivity index (χ3n) is 7.49. The number of aryl methyl sites for hydroxylation is 1. The smallest absolute Gasteiger partial charge is 0.106 e. The van der Waals surface area contributed by atoms with Gasteiger partial charge >= 0.3 is 0 Å². The number of nitrogens with zero attached hydrogens (tertiary/aromatic N) is 2. The minimum absolute atomic E-state index is 0.554. The van der Waals surface area contributed by atoms with E-state index < -0.39 is 0 Å². The Morgan fingerprint density at radius 3 is 2.36 bits per heavy atom. The molecule has 1 aromatic heterocycles. The highest BCUT2D eigenvalue weighted by molar-refractivity contribution is 6.04. The Bertz CT molecular complexity index is 945. The van der Waals surface area contributed by atoms with Crippen molar-refractivity contribution in [2.24, 2.45) is 23.2 Å². The quantitative estimate of drug-likeness (QED) is 0.588. The molecule has 2 nitrogen and oxygen atoms in total. The summed E-state index contributed by atoms with van der Waals surface area (Å²) in [5, 5.41) is 2.60. The minimum atomic E-state index is 0.554. The summed E-state index contributed by atoms with van der Waals surface area (Å²) in [6.07, 6.45) is 8.96. The number of aromatic nitrogens is 2. The van der Waals surface area contributed by atoms with Gasteiger partial charge in [-0.3, -0.25) is 0 Å². The molecule has 3 aromatic rings. The lowest BCUT2D eigenvalue weighted by Gasteiger charge is -2.57. The van der Waals surface area contributed by atoms with E-state index in [2.05, 4.69) is 47.9 Å². The molecule has 4 aliphatic rings. The SMILES string of the molecule is Cc1nc2c3ccccc3ccc2n1CC12CC3CC(CC(C3)C1)C2. The molecule has 0 unspecified atom stereocenters. The molecule has 1 heterocycles. The Balaban J connectivity index is 1.47. The normalized spacial score (nSPS) is 33.6. The van der Waals surface area contributed by atoms with Crippen LogP contribution in [-0.2, 0) is 6.54 Å². The molecule has 25 heavy (non-hydrogen) atoms. The lowest BCUT2D eigenvalue weighted by molar-refractivity contribution is -0.0616. The van der Waals surface area contributed by atoms with Gasteiger partial charge in [-0.15, -0.1) is 0 Å². The van der Waals surface area contributed by atoms with Gasteiger partial charge in [0.25, 0.3) is 0 Å². The summed E-state index contributed by atoms with van der Waals surface area (Å²) in [5.74, 6) is 4.24. The summed E-state index contributed by atoms with van der Waals surface area (Å²) in [4.78, 5) is 5.00. The molecule has 0 radical (unpaired) electrons. The molecule has 0 aliphatic heterocycles. The van der Waals surface area contributed by atoms with Gasteiger partial charge in [0, 0.05) is 11.9 Å². The third-order valence-corrected chi connectivity index (χ3v) is 7.49. The molecule has 128 valence electrons. The first kappa shape index (κ1) is 14.4. The Hall–Kier alpha value is -1.83. The zero-order valence-corrected chi connectivity index (χ0v) is 15.0. The molecular weight excluding hydrogens is 304 g/mol. The zero-order valence-electron chi connectivity index (χ0n) is 15.0. The summed E-state index contributed by atoms with van der Waals surface area (Å²) >= 11 is 0. The fraction of sp³-hybridized carbons (Fsp3) is 0.522. The summed E-state index contributed by atoms with van der Waals surface area (Å²) in [6.45, 7) is 3.40. The average Bonchev–Trinajstić information content (AvgIpc) is 2.89. The van der Waals surface area contributed by atoms with Crippen molar-refractivity contribution in [3.8, 4) is 0 Å². The first-order chi connectivity index (χ1) is 12.2. The van der Waals surface area contributed by atoms with Crippen LogP contribution in [0.4, 0.5) is 0 Å². The summed E-state index contributed by atoms with van der Waals surface area (Å²) in [6, 6.07) is 13.2. The lowest BCUT2D eigenvalue weighted by Crippen LogP contribution is -2.48. The van der Waals surface area contributed by atoms with E-state index >= 15 is 0 Å². The second kappa shape index (κ2) is 4.87.